The predicted octanol–water partition coefficient (Wildman–Crippen LogP) is 4.04. The fourth-order valence-corrected chi connectivity index (χ4v) is 2.96. The summed E-state index contributed by atoms with van der Waals surface area (Å²) in [5, 5.41) is 4.75. The molecule has 3 heteroatoms. The molecule has 0 aliphatic heterocycles. The van der Waals surface area contributed by atoms with Crippen LogP contribution >= 0.6 is 11.3 Å². The lowest BCUT2D eigenvalue weighted by molar-refractivity contribution is 0.582. The number of nitrogens with zero attached hydrogens (tertiary/aromatic N) is 1. The molecule has 18 heavy (non-hydrogen) atoms. The zero-order chi connectivity index (χ0) is 13.5. The van der Waals surface area contributed by atoms with Gasteiger partial charge in [0.1, 0.15) is 0 Å². The molecule has 0 aliphatic rings. The van der Waals surface area contributed by atoms with Crippen LogP contribution in [0.25, 0.3) is 0 Å². The van der Waals surface area contributed by atoms with Crippen molar-refractivity contribution in [2.75, 3.05) is 6.54 Å². The lowest BCUT2D eigenvalue weighted by atomic mass is 10.1. The first-order valence-corrected chi connectivity index (χ1v) is 8.02. The number of nitrogens with one attached hydrogen (secondary N) is 1. The average Bonchev–Trinajstić information content (AvgIpc) is 2.65. The summed E-state index contributed by atoms with van der Waals surface area (Å²) >= 11 is 1.91. The molecule has 1 aromatic rings. The largest absolute Gasteiger partial charge is 0.312 e. The normalized spacial score (nSPS) is 11.7. The summed E-state index contributed by atoms with van der Waals surface area (Å²) in [5.41, 5.74) is 1.33. The maximum absolute atomic E-state index is 4.85. The second-order valence-corrected chi connectivity index (χ2v) is 6.96. The van der Waals surface area contributed by atoms with E-state index in [9.17, 15) is 0 Å². The van der Waals surface area contributed by atoms with E-state index in [4.69, 9.17) is 4.98 Å². The lowest BCUT2D eigenvalue weighted by Gasteiger charge is -2.05. The Bertz CT molecular complexity index is 342. The molecule has 2 nitrogen and oxygen atoms in total. The van der Waals surface area contributed by atoms with Crippen LogP contribution in [0.5, 0.6) is 0 Å². The van der Waals surface area contributed by atoms with Gasteiger partial charge in [-0.3, -0.25) is 0 Å². The highest BCUT2D eigenvalue weighted by molar-refractivity contribution is 7.11. The Morgan fingerprint density at radius 2 is 1.89 bits per heavy atom. The summed E-state index contributed by atoms with van der Waals surface area (Å²) in [7, 11) is 0. The summed E-state index contributed by atoms with van der Waals surface area (Å²) in [6.45, 7) is 13.3. The minimum Gasteiger partial charge on any atom is -0.312 e. The van der Waals surface area contributed by atoms with Crippen LogP contribution in [0, 0.1) is 11.8 Å². The summed E-state index contributed by atoms with van der Waals surface area (Å²) < 4.78 is 0. The standard InChI is InChI=1S/C15H28N2S/c1-6-16-10-14-13(9-12(4)5)17-15(18-14)8-7-11(2)3/h11-12,16H,6-10H2,1-5H3. The Morgan fingerprint density at radius 3 is 2.44 bits per heavy atom. The third-order valence-electron chi connectivity index (χ3n) is 2.90. The molecule has 1 heterocycles. The van der Waals surface area contributed by atoms with Gasteiger partial charge in [0.2, 0.25) is 0 Å². The topological polar surface area (TPSA) is 24.9 Å². The van der Waals surface area contributed by atoms with Gasteiger partial charge in [0.15, 0.2) is 0 Å². The van der Waals surface area contributed by atoms with Crippen LogP contribution in [-0.4, -0.2) is 11.5 Å². The van der Waals surface area contributed by atoms with Crippen LogP contribution in [0.3, 0.4) is 0 Å². The molecule has 1 rings (SSSR count). The van der Waals surface area contributed by atoms with Crippen molar-refractivity contribution in [3.05, 3.63) is 15.6 Å². The van der Waals surface area contributed by atoms with Gasteiger partial charge < -0.3 is 5.32 Å². The van der Waals surface area contributed by atoms with Crippen molar-refractivity contribution in [1.29, 1.82) is 0 Å². The fourth-order valence-electron chi connectivity index (χ4n) is 1.88. The lowest BCUT2D eigenvalue weighted by Crippen LogP contribution is -2.12. The molecule has 0 amide bonds. The SMILES string of the molecule is CCNCc1sc(CCC(C)C)nc1CC(C)C. The highest BCUT2D eigenvalue weighted by Crippen LogP contribution is 2.23. The van der Waals surface area contributed by atoms with Crippen molar-refractivity contribution >= 4 is 11.3 Å². The van der Waals surface area contributed by atoms with Crippen LogP contribution in [0.1, 0.15) is 56.6 Å². The Hall–Kier alpha value is -0.410. The van der Waals surface area contributed by atoms with Crippen LogP contribution < -0.4 is 5.32 Å². The summed E-state index contributed by atoms with van der Waals surface area (Å²) in [5.74, 6) is 1.45. The molecule has 0 aromatic carbocycles. The average molecular weight is 268 g/mol. The molecule has 0 aliphatic carbocycles. The van der Waals surface area contributed by atoms with Crippen molar-refractivity contribution in [2.24, 2.45) is 11.8 Å². The van der Waals surface area contributed by atoms with Crippen LogP contribution in [-0.2, 0) is 19.4 Å². The van der Waals surface area contributed by atoms with Crippen molar-refractivity contribution < 1.29 is 0 Å². The molecule has 0 saturated heterocycles. The second kappa shape index (κ2) is 7.90. The molecule has 0 radical (unpaired) electrons. The van der Waals surface area contributed by atoms with Crippen molar-refractivity contribution in [1.82, 2.24) is 10.3 Å². The molecule has 0 bridgehead atoms. The molecule has 1 N–H and O–H groups in total. The number of hydrogen-bond donors (Lipinski definition) is 1. The molecule has 0 saturated carbocycles. The summed E-state index contributed by atoms with van der Waals surface area (Å²) in [4.78, 5) is 6.30. The van der Waals surface area contributed by atoms with Crippen LogP contribution in [0.2, 0.25) is 0 Å². The van der Waals surface area contributed by atoms with Gasteiger partial charge in [-0.05, 0) is 37.6 Å². The van der Waals surface area contributed by atoms with Gasteiger partial charge in [0, 0.05) is 11.4 Å². The first kappa shape index (κ1) is 15.6. The Balaban J connectivity index is 2.71. The van der Waals surface area contributed by atoms with Crippen molar-refractivity contribution in [2.45, 2.75) is 60.4 Å². The van der Waals surface area contributed by atoms with Crippen LogP contribution in [0.4, 0.5) is 0 Å². The maximum Gasteiger partial charge on any atom is 0.0931 e. The van der Waals surface area contributed by atoms with E-state index in [1.54, 1.807) is 0 Å². The van der Waals surface area contributed by atoms with E-state index in [1.807, 2.05) is 11.3 Å². The smallest absolute Gasteiger partial charge is 0.0931 e. The molecular formula is C15H28N2S. The van der Waals surface area contributed by atoms with E-state index in [0.29, 0.717) is 5.92 Å². The molecular weight excluding hydrogens is 240 g/mol. The zero-order valence-corrected chi connectivity index (χ0v) is 13.4. The van der Waals surface area contributed by atoms with Gasteiger partial charge in [-0.25, -0.2) is 4.98 Å². The molecule has 0 unspecified atom stereocenters. The number of hydrogen-bond acceptors (Lipinski definition) is 3. The van der Waals surface area contributed by atoms with Crippen molar-refractivity contribution in [3.63, 3.8) is 0 Å². The highest BCUT2D eigenvalue weighted by Gasteiger charge is 2.12. The number of rotatable bonds is 8. The fraction of sp³-hybridized carbons (Fsp3) is 0.800. The third-order valence-corrected chi connectivity index (χ3v) is 4.05. The molecule has 0 fully saturated rings. The second-order valence-electron chi connectivity index (χ2n) is 5.79. The molecule has 1 aromatic heterocycles. The third kappa shape index (κ3) is 5.49. The first-order chi connectivity index (χ1) is 8.52. The minimum absolute atomic E-state index is 0.686. The van der Waals surface area contributed by atoms with Gasteiger partial charge in [-0.2, -0.15) is 0 Å². The Labute approximate surface area is 116 Å². The summed E-state index contributed by atoms with van der Waals surface area (Å²) in [6, 6.07) is 0. The summed E-state index contributed by atoms with van der Waals surface area (Å²) in [6.07, 6.45) is 3.49. The van der Waals surface area contributed by atoms with Gasteiger partial charge >= 0.3 is 0 Å². The molecule has 0 spiro atoms. The van der Waals surface area contributed by atoms with Gasteiger partial charge in [0.05, 0.1) is 10.7 Å². The maximum atomic E-state index is 4.85. The predicted molar refractivity (Wildman–Crippen MR) is 81.2 cm³/mol. The van der Waals surface area contributed by atoms with E-state index in [1.165, 1.54) is 22.0 Å². The van der Waals surface area contributed by atoms with E-state index >= 15 is 0 Å². The number of aryl methyl sites for hydroxylation is 1. The Morgan fingerprint density at radius 1 is 1.17 bits per heavy atom. The van der Waals surface area contributed by atoms with Crippen LogP contribution in [0.15, 0.2) is 0 Å². The van der Waals surface area contributed by atoms with E-state index in [2.05, 4.69) is 39.9 Å². The first-order valence-electron chi connectivity index (χ1n) is 7.21. The van der Waals surface area contributed by atoms with E-state index in [-0.39, 0.29) is 0 Å². The number of aromatic nitrogens is 1. The van der Waals surface area contributed by atoms with E-state index < -0.39 is 0 Å². The number of thiazole rings is 1. The quantitative estimate of drug-likeness (QED) is 0.769. The van der Waals surface area contributed by atoms with Gasteiger partial charge in [-0.1, -0.05) is 34.6 Å². The van der Waals surface area contributed by atoms with Crippen molar-refractivity contribution in [3.8, 4) is 0 Å². The minimum atomic E-state index is 0.686. The highest BCUT2D eigenvalue weighted by atomic mass is 32.1. The van der Waals surface area contributed by atoms with Gasteiger partial charge in [-0.15, -0.1) is 11.3 Å². The van der Waals surface area contributed by atoms with E-state index in [0.717, 1.165) is 31.8 Å². The Kier molecular flexibility index (Phi) is 6.87. The zero-order valence-electron chi connectivity index (χ0n) is 12.5. The monoisotopic (exact) mass is 268 g/mol. The molecule has 104 valence electrons. The molecule has 0 atom stereocenters. The van der Waals surface area contributed by atoms with Gasteiger partial charge in [0.25, 0.3) is 0 Å².